The van der Waals surface area contributed by atoms with Crippen molar-refractivity contribution in [2.45, 2.75) is 19.4 Å². The standard InChI is InChI=1S/C9H13N3O/c1-11-6-8(5-10-11)7-12-4-2-3-9(12)13/h5-6H,2-4,7H2,1H3. The van der Waals surface area contributed by atoms with Crippen LogP contribution in [0.5, 0.6) is 0 Å². The van der Waals surface area contributed by atoms with Crippen LogP contribution >= 0.6 is 0 Å². The number of rotatable bonds is 2. The molecule has 0 spiro atoms. The van der Waals surface area contributed by atoms with Crippen LogP contribution in [0.15, 0.2) is 12.4 Å². The molecule has 1 fully saturated rings. The molecule has 0 bridgehead atoms. The monoisotopic (exact) mass is 179 g/mol. The van der Waals surface area contributed by atoms with E-state index in [0.717, 1.165) is 18.5 Å². The molecule has 0 aromatic carbocycles. The number of nitrogens with zero attached hydrogens (tertiary/aromatic N) is 3. The van der Waals surface area contributed by atoms with Crippen LogP contribution in [-0.4, -0.2) is 27.1 Å². The van der Waals surface area contributed by atoms with Crippen molar-refractivity contribution >= 4 is 5.91 Å². The third-order valence-corrected chi connectivity index (χ3v) is 2.30. The molecule has 0 unspecified atom stereocenters. The van der Waals surface area contributed by atoms with Crippen LogP contribution in [0.2, 0.25) is 0 Å². The third-order valence-electron chi connectivity index (χ3n) is 2.30. The minimum atomic E-state index is 0.267. The molecule has 4 heteroatoms. The number of carbonyl (C=O) groups excluding carboxylic acids is 1. The van der Waals surface area contributed by atoms with Crippen LogP contribution in [0.3, 0.4) is 0 Å². The molecule has 1 aliphatic rings. The summed E-state index contributed by atoms with van der Waals surface area (Å²) in [6.07, 6.45) is 5.47. The molecule has 2 rings (SSSR count). The van der Waals surface area contributed by atoms with Crippen LogP contribution in [0.25, 0.3) is 0 Å². The van der Waals surface area contributed by atoms with Crippen molar-refractivity contribution in [1.82, 2.24) is 14.7 Å². The normalized spacial score (nSPS) is 17.0. The van der Waals surface area contributed by atoms with E-state index >= 15 is 0 Å². The topological polar surface area (TPSA) is 38.1 Å². The van der Waals surface area contributed by atoms with E-state index in [2.05, 4.69) is 5.10 Å². The molecular weight excluding hydrogens is 166 g/mol. The summed E-state index contributed by atoms with van der Waals surface area (Å²) in [6.45, 7) is 1.61. The first-order chi connectivity index (χ1) is 6.25. The van der Waals surface area contributed by atoms with Gasteiger partial charge >= 0.3 is 0 Å². The Kier molecular flexibility index (Phi) is 2.04. The van der Waals surface area contributed by atoms with Crippen LogP contribution in [0, 0.1) is 0 Å². The van der Waals surface area contributed by atoms with E-state index in [0.29, 0.717) is 13.0 Å². The summed E-state index contributed by atoms with van der Waals surface area (Å²) in [5, 5.41) is 4.06. The van der Waals surface area contributed by atoms with Gasteiger partial charge in [-0.2, -0.15) is 5.10 Å². The molecule has 0 aliphatic carbocycles. The van der Waals surface area contributed by atoms with Gasteiger partial charge in [-0.15, -0.1) is 0 Å². The largest absolute Gasteiger partial charge is 0.338 e. The van der Waals surface area contributed by atoms with Gasteiger partial charge in [0, 0.05) is 38.3 Å². The zero-order valence-corrected chi connectivity index (χ0v) is 7.73. The Labute approximate surface area is 77.1 Å². The average molecular weight is 179 g/mol. The number of likely N-dealkylation sites (tertiary alicyclic amines) is 1. The van der Waals surface area contributed by atoms with Gasteiger partial charge in [-0.3, -0.25) is 9.48 Å². The van der Waals surface area contributed by atoms with E-state index in [9.17, 15) is 4.79 Å². The van der Waals surface area contributed by atoms with Crippen LogP contribution in [-0.2, 0) is 18.4 Å². The van der Waals surface area contributed by atoms with Crippen LogP contribution < -0.4 is 0 Å². The van der Waals surface area contributed by atoms with E-state index in [1.807, 2.05) is 24.3 Å². The fourth-order valence-electron chi connectivity index (χ4n) is 1.65. The van der Waals surface area contributed by atoms with Gasteiger partial charge in [0.15, 0.2) is 0 Å². The summed E-state index contributed by atoms with van der Waals surface area (Å²) in [4.78, 5) is 13.2. The summed E-state index contributed by atoms with van der Waals surface area (Å²) in [7, 11) is 1.88. The van der Waals surface area contributed by atoms with Crippen molar-refractivity contribution in [1.29, 1.82) is 0 Å². The van der Waals surface area contributed by atoms with Gasteiger partial charge in [-0.05, 0) is 6.42 Å². The zero-order valence-electron chi connectivity index (χ0n) is 7.73. The molecule has 13 heavy (non-hydrogen) atoms. The Morgan fingerprint density at radius 3 is 3.00 bits per heavy atom. The Hall–Kier alpha value is -1.32. The summed E-state index contributed by atoms with van der Waals surface area (Å²) < 4.78 is 1.76. The van der Waals surface area contributed by atoms with Gasteiger partial charge in [-0.1, -0.05) is 0 Å². The Bertz CT molecular complexity index is 318. The van der Waals surface area contributed by atoms with E-state index < -0.39 is 0 Å². The SMILES string of the molecule is Cn1cc(CN2CCCC2=O)cn1. The highest BCUT2D eigenvalue weighted by Gasteiger charge is 2.20. The van der Waals surface area contributed by atoms with E-state index in [1.54, 1.807) is 4.68 Å². The van der Waals surface area contributed by atoms with Crippen molar-refractivity contribution in [2.24, 2.45) is 7.05 Å². The molecule has 1 aromatic heterocycles. The lowest BCUT2D eigenvalue weighted by molar-refractivity contribution is -0.128. The van der Waals surface area contributed by atoms with Crippen LogP contribution in [0.4, 0.5) is 0 Å². The first kappa shape index (κ1) is 8.29. The molecule has 1 aromatic rings. The predicted octanol–water partition coefficient (Wildman–Crippen LogP) is 0.542. The smallest absolute Gasteiger partial charge is 0.222 e. The molecule has 0 N–H and O–H groups in total. The van der Waals surface area contributed by atoms with Crippen LogP contribution in [0.1, 0.15) is 18.4 Å². The van der Waals surface area contributed by atoms with Gasteiger partial charge in [0.2, 0.25) is 5.91 Å². The zero-order chi connectivity index (χ0) is 9.26. The van der Waals surface area contributed by atoms with Crippen molar-refractivity contribution < 1.29 is 4.79 Å². The molecule has 0 atom stereocenters. The lowest BCUT2D eigenvalue weighted by Crippen LogP contribution is -2.23. The molecule has 1 amide bonds. The molecule has 0 saturated carbocycles. The summed E-state index contributed by atoms with van der Waals surface area (Å²) in [5.41, 5.74) is 1.11. The van der Waals surface area contributed by atoms with Gasteiger partial charge in [0.05, 0.1) is 6.20 Å². The summed E-state index contributed by atoms with van der Waals surface area (Å²) in [6, 6.07) is 0. The van der Waals surface area contributed by atoms with Crippen molar-refractivity contribution in [3.63, 3.8) is 0 Å². The lowest BCUT2D eigenvalue weighted by atomic mass is 10.3. The fraction of sp³-hybridized carbons (Fsp3) is 0.556. The highest BCUT2D eigenvalue weighted by atomic mass is 16.2. The maximum absolute atomic E-state index is 11.3. The third kappa shape index (κ3) is 1.71. The number of aryl methyl sites for hydroxylation is 1. The lowest BCUT2D eigenvalue weighted by Gasteiger charge is -2.13. The molecule has 1 aliphatic heterocycles. The minimum absolute atomic E-state index is 0.267. The molecule has 70 valence electrons. The van der Waals surface area contributed by atoms with Gasteiger partial charge < -0.3 is 4.90 Å². The maximum Gasteiger partial charge on any atom is 0.222 e. The summed E-state index contributed by atoms with van der Waals surface area (Å²) in [5.74, 6) is 0.267. The van der Waals surface area contributed by atoms with Crippen molar-refractivity contribution in [3.05, 3.63) is 18.0 Å². The highest BCUT2D eigenvalue weighted by Crippen LogP contribution is 2.13. The minimum Gasteiger partial charge on any atom is -0.338 e. The van der Waals surface area contributed by atoms with Gasteiger partial charge in [-0.25, -0.2) is 0 Å². The van der Waals surface area contributed by atoms with Gasteiger partial charge in [0.1, 0.15) is 0 Å². The fourth-order valence-corrected chi connectivity index (χ4v) is 1.65. The maximum atomic E-state index is 11.3. The number of hydrogen-bond acceptors (Lipinski definition) is 2. The molecule has 2 heterocycles. The predicted molar refractivity (Wildman–Crippen MR) is 47.9 cm³/mol. The Morgan fingerprint density at radius 1 is 1.62 bits per heavy atom. The van der Waals surface area contributed by atoms with Crippen molar-refractivity contribution in [2.75, 3.05) is 6.54 Å². The Balaban J connectivity index is 2.01. The van der Waals surface area contributed by atoms with Crippen molar-refractivity contribution in [3.8, 4) is 0 Å². The molecule has 4 nitrogen and oxygen atoms in total. The van der Waals surface area contributed by atoms with Gasteiger partial charge in [0.25, 0.3) is 0 Å². The molecule has 1 saturated heterocycles. The Morgan fingerprint density at radius 2 is 2.46 bits per heavy atom. The second kappa shape index (κ2) is 3.20. The number of carbonyl (C=O) groups is 1. The van der Waals surface area contributed by atoms with E-state index in [1.165, 1.54) is 0 Å². The number of aromatic nitrogens is 2. The number of hydrogen-bond donors (Lipinski definition) is 0. The second-order valence-corrected chi connectivity index (χ2v) is 3.44. The second-order valence-electron chi connectivity index (χ2n) is 3.44. The van der Waals surface area contributed by atoms with E-state index in [4.69, 9.17) is 0 Å². The highest BCUT2D eigenvalue weighted by molar-refractivity contribution is 5.78. The summed E-state index contributed by atoms with van der Waals surface area (Å²) >= 11 is 0. The number of amides is 1. The first-order valence-corrected chi connectivity index (χ1v) is 4.51. The first-order valence-electron chi connectivity index (χ1n) is 4.51. The molecular formula is C9H13N3O. The average Bonchev–Trinajstić information content (AvgIpc) is 2.64. The quantitative estimate of drug-likeness (QED) is 0.664. The molecule has 0 radical (unpaired) electrons. The van der Waals surface area contributed by atoms with E-state index in [-0.39, 0.29) is 5.91 Å².